The number of likely N-dealkylation sites (tertiary alicyclic amines) is 1. The molecule has 8 nitrogen and oxygen atoms in total. The second-order valence-corrected chi connectivity index (χ2v) is 10.2. The number of rotatable bonds is 10. The quantitative estimate of drug-likeness (QED) is 0.377. The van der Waals surface area contributed by atoms with E-state index in [0.29, 0.717) is 36.4 Å². The number of nitrogens with zero attached hydrogens (tertiary/aromatic N) is 2. The zero-order chi connectivity index (χ0) is 26.3. The van der Waals surface area contributed by atoms with Crippen LogP contribution in [0.3, 0.4) is 0 Å². The number of halogens is 1. The molecule has 0 radical (unpaired) electrons. The summed E-state index contributed by atoms with van der Waals surface area (Å²) >= 11 is 6.48. The molecule has 1 aromatic rings. The molecule has 3 aliphatic heterocycles. The molecular weight excluding hydrogens is 484 g/mol. The van der Waals surface area contributed by atoms with E-state index in [1.807, 2.05) is 13.8 Å². The molecule has 1 N–H and O–H groups in total. The highest BCUT2D eigenvalue weighted by molar-refractivity contribution is 6.34. The van der Waals surface area contributed by atoms with Crippen LogP contribution in [0, 0.1) is 11.8 Å². The van der Waals surface area contributed by atoms with Crippen molar-refractivity contribution in [1.29, 1.82) is 0 Å². The molecule has 2 amide bonds. The number of aliphatic hydroxyl groups excluding tert-OH is 1. The van der Waals surface area contributed by atoms with Crippen LogP contribution in [0.2, 0.25) is 5.02 Å². The highest BCUT2D eigenvalue weighted by atomic mass is 35.5. The topological polar surface area (TPSA) is 96.4 Å². The fourth-order valence-electron chi connectivity index (χ4n) is 6.59. The summed E-state index contributed by atoms with van der Waals surface area (Å²) in [5.41, 5.74) is -1.58. The Bertz CT molecular complexity index is 1040. The van der Waals surface area contributed by atoms with Crippen LogP contribution in [-0.4, -0.2) is 70.8 Å². The normalized spacial score (nSPS) is 31.3. The van der Waals surface area contributed by atoms with Gasteiger partial charge in [0, 0.05) is 6.54 Å². The fraction of sp³-hybridized carbons (Fsp3) is 0.593. The molecule has 6 atom stereocenters. The Balaban J connectivity index is 1.87. The van der Waals surface area contributed by atoms with Crippen molar-refractivity contribution in [2.24, 2.45) is 11.8 Å². The van der Waals surface area contributed by atoms with E-state index in [1.54, 1.807) is 37.3 Å². The van der Waals surface area contributed by atoms with Gasteiger partial charge in [0.05, 0.1) is 41.5 Å². The summed E-state index contributed by atoms with van der Waals surface area (Å²) in [5, 5.41) is 10.6. The van der Waals surface area contributed by atoms with Crippen molar-refractivity contribution in [2.75, 3.05) is 24.7 Å². The van der Waals surface area contributed by atoms with Gasteiger partial charge in [0.2, 0.25) is 5.91 Å². The lowest BCUT2D eigenvalue weighted by Crippen LogP contribution is -2.59. The summed E-state index contributed by atoms with van der Waals surface area (Å²) in [5.74, 6) is -2.87. The second kappa shape index (κ2) is 10.1. The van der Waals surface area contributed by atoms with Crippen LogP contribution in [0.25, 0.3) is 0 Å². The van der Waals surface area contributed by atoms with Gasteiger partial charge in [0.1, 0.15) is 17.6 Å². The highest BCUT2D eigenvalue weighted by Gasteiger charge is 2.79. The molecule has 2 bridgehead atoms. The number of para-hydroxylation sites is 1. The molecule has 3 saturated heterocycles. The summed E-state index contributed by atoms with van der Waals surface area (Å²) in [4.78, 5) is 44.8. The Labute approximate surface area is 217 Å². The number of aliphatic hydroxyl groups is 1. The first kappa shape index (κ1) is 26.6. The van der Waals surface area contributed by atoms with Crippen molar-refractivity contribution in [3.8, 4) is 0 Å². The number of hydrogen-bond donors (Lipinski definition) is 1. The number of amides is 2. The van der Waals surface area contributed by atoms with Crippen molar-refractivity contribution in [1.82, 2.24) is 4.90 Å². The maximum absolute atomic E-state index is 14.4. The molecule has 0 aromatic heterocycles. The number of ether oxygens (including phenoxy) is 2. The van der Waals surface area contributed by atoms with Crippen LogP contribution in [0.5, 0.6) is 0 Å². The molecule has 0 aliphatic carbocycles. The van der Waals surface area contributed by atoms with Gasteiger partial charge in [0.25, 0.3) is 5.91 Å². The van der Waals surface area contributed by atoms with Crippen LogP contribution >= 0.6 is 11.6 Å². The summed E-state index contributed by atoms with van der Waals surface area (Å²) in [7, 11) is 0. The summed E-state index contributed by atoms with van der Waals surface area (Å²) in [6.07, 6.45) is 3.54. The average molecular weight is 519 g/mol. The minimum absolute atomic E-state index is 0.165. The summed E-state index contributed by atoms with van der Waals surface area (Å²) in [6, 6.07) is 5.36. The number of anilines is 1. The number of benzene rings is 1. The first-order chi connectivity index (χ1) is 17.3. The Kier molecular flexibility index (Phi) is 7.51. The van der Waals surface area contributed by atoms with Gasteiger partial charge < -0.3 is 24.4 Å². The Morgan fingerprint density at radius 1 is 1.33 bits per heavy atom. The van der Waals surface area contributed by atoms with Gasteiger partial charge in [-0.3, -0.25) is 14.4 Å². The molecule has 0 saturated carbocycles. The van der Waals surface area contributed by atoms with Gasteiger partial charge in [-0.05, 0) is 44.7 Å². The zero-order valence-corrected chi connectivity index (χ0v) is 21.9. The Morgan fingerprint density at radius 3 is 2.64 bits per heavy atom. The van der Waals surface area contributed by atoms with Gasteiger partial charge in [-0.1, -0.05) is 43.7 Å². The number of esters is 1. The maximum atomic E-state index is 14.4. The smallest absolute Gasteiger partial charge is 0.312 e. The molecule has 1 spiro atoms. The number of hydrogen-bond acceptors (Lipinski definition) is 6. The first-order valence-electron chi connectivity index (χ1n) is 12.7. The predicted molar refractivity (Wildman–Crippen MR) is 135 cm³/mol. The monoisotopic (exact) mass is 518 g/mol. The largest absolute Gasteiger partial charge is 0.466 e. The van der Waals surface area contributed by atoms with E-state index in [1.165, 1.54) is 9.80 Å². The van der Waals surface area contributed by atoms with Crippen molar-refractivity contribution in [2.45, 2.75) is 69.7 Å². The third-order valence-electron chi connectivity index (χ3n) is 8.19. The lowest BCUT2D eigenvalue weighted by atomic mass is 9.65. The Hall–Kier alpha value is -2.42. The molecule has 3 fully saturated rings. The Morgan fingerprint density at radius 2 is 2.06 bits per heavy atom. The van der Waals surface area contributed by atoms with Crippen molar-refractivity contribution in [3.63, 3.8) is 0 Å². The van der Waals surface area contributed by atoms with Crippen molar-refractivity contribution >= 4 is 35.1 Å². The molecule has 4 rings (SSSR count). The lowest BCUT2D eigenvalue weighted by molar-refractivity contribution is -0.161. The van der Waals surface area contributed by atoms with E-state index >= 15 is 0 Å². The fourth-order valence-corrected chi connectivity index (χ4v) is 6.83. The number of carbonyl (C=O) groups excluding carboxylic acids is 3. The van der Waals surface area contributed by atoms with Gasteiger partial charge in [-0.2, -0.15) is 0 Å². The molecule has 1 aromatic carbocycles. The second-order valence-electron chi connectivity index (χ2n) is 9.76. The van der Waals surface area contributed by atoms with Crippen LogP contribution in [-0.2, 0) is 23.9 Å². The maximum Gasteiger partial charge on any atom is 0.312 e. The van der Waals surface area contributed by atoms with Gasteiger partial charge >= 0.3 is 5.97 Å². The van der Waals surface area contributed by atoms with E-state index in [-0.39, 0.29) is 31.6 Å². The van der Waals surface area contributed by atoms with E-state index in [4.69, 9.17) is 21.1 Å². The van der Waals surface area contributed by atoms with E-state index in [0.717, 1.165) is 0 Å². The van der Waals surface area contributed by atoms with Crippen LogP contribution in [0.1, 0.15) is 46.5 Å². The van der Waals surface area contributed by atoms with Gasteiger partial charge in [-0.15, -0.1) is 6.58 Å². The number of fused-ring (bicyclic) bond motifs is 1. The van der Waals surface area contributed by atoms with Crippen molar-refractivity contribution in [3.05, 3.63) is 41.9 Å². The molecule has 196 valence electrons. The third-order valence-corrected chi connectivity index (χ3v) is 8.51. The van der Waals surface area contributed by atoms with Gasteiger partial charge in [0.15, 0.2) is 0 Å². The van der Waals surface area contributed by atoms with E-state index in [9.17, 15) is 19.5 Å². The van der Waals surface area contributed by atoms with E-state index in [2.05, 4.69) is 6.58 Å². The van der Waals surface area contributed by atoms with Gasteiger partial charge in [-0.25, -0.2) is 0 Å². The molecular formula is C27H35ClN2O6. The third kappa shape index (κ3) is 3.76. The minimum atomic E-state index is -1.20. The molecule has 9 heteroatoms. The minimum Gasteiger partial charge on any atom is -0.466 e. The molecule has 36 heavy (non-hydrogen) atoms. The average Bonchev–Trinajstić information content (AvgIpc) is 3.48. The van der Waals surface area contributed by atoms with Crippen LogP contribution < -0.4 is 4.90 Å². The SMILES string of the molecule is C=CCN(C(=O)C1N([C@@H](CC)CO)C(=O)[C@@H]2[C@@H](C(=O)OCC)[C@@]3(CC)CCC12O3)c1ccccc1Cl. The van der Waals surface area contributed by atoms with Crippen LogP contribution in [0.15, 0.2) is 36.9 Å². The van der Waals surface area contributed by atoms with E-state index < -0.39 is 41.1 Å². The number of carbonyl (C=O) groups is 3. The first-order valence-corrected chi connectivity index (χ1v) is 13.1. The highest BCUT2D eigenvalue weighted by Crippen LogP contribution is 2.65. The van der Waals surface area contributed by atoms with Crippen LogP contribution in [0.4, 0.5) is 5.69 Å². The zero-order valence-electron chi connectivity index (χ0n) is 21.1. The predicted octanol–water partition coefficient (Wildman–Crippen LogP) is 3.35. The standard InChI is InChI=1S/C27H35ClN2O6/c1-5-15-29(19-12-10-9-11-18(19)28)24(33)22-27-14-13-26(7-3,36-27)21(25(34)35-8-4)20(27)23(32)30(22)17(6-2)16-31/h5,9-12,17,20-22,31H,1,6-8,13-16H2,2-4H3/t17-,20-,21-,22?,26+,27?/m0/s1. The summed E-state index contributed by atoms with van der Waals surface area (Å²) < 4.78 is 12.1. The summed E-state index contributed by atoms with van der Waals surface area (Å²) in [6.45, 7) is 9.35. The van der Waals surface area contributed by atoms with Crippen molar-refractivity contribution < 1.29 is 29.0 Å². The molecule has 3 aliphatic rings. The molecule has 2 unspecified atom stereocenters. The molecule has 3 heterocycles. The lowest BCUT2D eigenvalue weighted by Gasteiger charge is -2.39.